The molecule has 0 spiro atoms. The lowest BCUT2D eigenvalue weighted by Crippen LogP contribution is -2.46. The number of nitrogens with zero attached hydrogens (tertiary/aromatic N) is 4. The Balaban J connectivity index is 1.31. The summed E-state index contributed by atoms with van der Waals surface area (Å²) < 4.78 is 1.06. The SMILES string of the molecule is CN1CCN(C(=O)c2cc3c(ccc4cnc(Nc5cccc(-c6ccccc6)c5)nc43)s2)CC1. The molecule has 1 fully saturated rings. The maximum Gasteiger partial charge on any atom is 0.264 e. The molecule has 0 radical (unpaired) electrons. The van der Waals surface area contributed by atoms with Gasteiger partial charge in [-0.2, -0.15) is 0 Å². The Labute approximate surface area is 207 Å². The number of hydrogen-bond acceptors (Lipinski definition) is 6. The number of benzene rings is 3. The van der Waals surface area contributed by atoms with Gasteiger partial charge in [0, 0.05) is 53.5 Å². The van der Waals surface area contributed by atoms with Crippen LogP contribution in [-0.4, -0.2) is 58.9 Å². The van der Waals surface area contributed by atoms with Gasteiger partial charge in [0.15, 0.2) is 0 Å². The lowest BCUT2D eigenvalue weighted by atomic mass is 10.1. The highest BCUT2D eigenvalue weighted by Gasteiger charge is 2.22. The van der Waals surface area contributed by atoms with Crippen molar-refractivity contribution in [3.05, 3.63) is 83.9 Å². The van der Waals surface area contributed by atoms with Crippen LogP contribution in [0.5, 0.6) is 0 Å². The maximum absolute atomic E-state index is 13.1. The number of amides is 1. The Kier molecular flexibility index (Phi) is 5.64. The fourth-order valence-corrected chi connectivity index (χ4v) is 5.51. The third kappa shape index (κ3) is 4.36. The molecule has 3 heterocycles. The van der Waals surface area contributed by atoms with Crippen molar-refractivity contribution < 1.29 is 4.79 Å². The quantitative estimate of drug-likeness (QED) is 0.361. The van der Waals surface area contributed by atoms with Gasteiger partial charge in [-0.3, -0.25) is 4.79 Å². The van der Waals surface area contributed by atoms with E-state index in [1.165, 1.54) is 11.3 Å². The molecule has 35 heavy (non-hydrogen) atoms. The van der Waals surface area contributed by atoms with Gasteiger partial charge in [0.05, 0.1) is 10.4 Å². The number of hydrogen-bond donors (Lipinski definition) is 1. The molecule has 3 aromatic carbocycles. The highest BCUT2D eigenvalue weighted by Crippen LogP contribution is 2.33. The summed E-state index contributed by atoms with van der Waals surface area (Å²) in [5.74, 6) is 0.644. The number of carbonyl (C=O) groups is 1. The molecule has 0 bridgehead atoms. The lowest BCUT2D eigenvalue weighted by Gasteiger charge is -2.32. The predicted octanol–water partition coefficient (Wildman–Crippen LogP) is 5.64. The number of aromatic nitrogens is 2. The van der Waals surface area contributed by atoms with Gasteiger partial charge in [0.1, 0.15) is 0 Å². The number of carbonyl (C=O) groups excluding carboxylic acids is 1. The number of piperazine rings is 1. The van der Waals surface area contributed by atoms with E-state index in [1.807, 2.05) is 53.6 Å². The van der Waals surface area contributed by atoms with Gasteiger partial charge in [0.2, 0.25) is 5.95 Å². The molecule has 0 saturated carbocycles. The molecule has 1 N–H and O–H groups in total. The van der Waals surface area contributed by atoms with E-state index < -0.39 is 0 Å². The van der Waals surface area contributed by atoms with Crippen molar-refractivity contribution in [3.8, 4) is 11.1 Å². The first-order chi connectivity index (χ1) is 17.1. The Hall–Kier alpha value is -3.81. The number of anilines is 2. The molecule has 6 nitrogen and oxygen atoms in total. The normalized spacial score (nSPS) is 14.5. The van der Waals surface area contributed by atoms with Crippen LogP contribution in [-0.2, 0) is 0 Å². The van der Waals surface area contributed by atoms with Crippen molar-refractivity contribution in [2.24, 2.45) is 0 Å². The second-order valence-corrected chi connectivity index (χ2v) is 9.97. The molecule has 1 amide bonds. The summed E-state index contributed by atoms with van der Waals surface area (Å²) in [5.41, 5.74) is 4.07. The van der Waals surface area contributed by atoms with E-state index in [2.05, 4.69) is 52.6 Å². The van der Waals surface area contributed by atoms with Gasteiger partial charge in [-0.05, 0) is 48.5 Å². The van der Waals surface area contributed by atoms with E-state index in [-0.39, 0.29) is 5.91 Å². The highest BCUT2D eigenvalue weighted by molar-refractivity contribution is 7.21. The number of rotatable bonds is 4. The molecule has 0 aliphatic carbocycles. The van der Waals surface area contributed by atoms with E-state index >= 15 is 0 Å². The molecule has 174 valence electrons. The highest BCUT2D eigenvalue weighted by atomic mass is 32.1. The van der Waals surface area contributed by atoms with E-state index in [0.29, 0.717) is 5.95 Å². The Bertz CT molecular complexity index is 1520. The Morgan fingerprint density at radius 2 is 1.71 bits per heavy atom. The van der Waals surface area contributed by atoms with Crippen LogP contribution in [0.1, 0.15) is 9.67 Å². The zero-order valence-corrected chi connectivity index (χ0v) is 20.3. The van der Waals surface area contributed by atoms with Crippen molar-refractivity contribution in [2.45, 2.75) is 0 Å². The largest absolute Gasteiger partial charge is 0.335 e. The number of likely N-dealkylation sites (N-methyl/N-ethyl adjacent to an activating group) is 1. The Morgan fingerprint density at radius 1 is 0.914 bits per heavy atom. The predicted molar refractivity (Wildman–Crippen MR) is 143 cm³/mol. The molecule has 0 atom stereocenters. The lowest BCUT2D eigenvalue weighted by molar-refractivity contribution is 0.0669. The van der Waals surface area contributed by atoms with Crippen LogP contribution in [0.15, 0.2) is 79.0 Å². The van der Waals surface area contributed by atoms with Gasteiger partial charge in [-0.15, -0.1) is 11.3 Å². The Morgan fingerprint density at radius 3 is 2.54 bits per heavy atom. The van der Waals surface area contributed by atoms with Gasteiger partial charge in [0.25, 0.3) is 5.91 Å². The third-order valence-corrected chi connectivity index (χ3v) is 7.56. The molecule has 1 saturated heterocycles. The van der Waals surface area contributed by atoms with E-state index in [0.717, 1.165) is 68.9 Å². The first kappa shape index (κ1) is 21.7. The second kappa shape index (κ2) is 9.09. The maximum atomic E-state index is 13.1. The van der Waals surface area contributed by atoms with Crippen LogP contribution in [0, 0.1) is 0 Å². The van der Waals surface area contributed by atoms with Crippen LogP contribution in [0.25, 0.3) is 32.1 Å². The zero-order chi connectivity index (χ0) is 23.8. The standard InChI is InChI=1S/C28H25N5OS/c1-32-12-14-33(15-13-32)27(34)25-17-23-24(35-25)11-10-21-18-29-28(31-26(21)23)30-22-9-5-8-20(16-22)19-6-3-2-4-7-19/h2-11,16-18H,12-15H2,1H3,(H,29,30,31). The summed E-state index contributed by atoms with van der Waals surface area (Å²) in [7, 11) is 2.09. The van der Waals surface area contributed by atoms with Gasteiger partial charge < -0.3 is 15.1 Å². The van der Waals surface area contributed by atoms with E-state index in [4.69, 9.17) is 4.98 Å². The topological polar surface area (TPSA) is 61.4 Å². The van der Waals surface area contributed by atoms with Gasteiger partial charge >= 0.3 is 0 Å². The van der Waals surface area contributed by atoms with Crippen molar-refractivity contribution in [3.63, 3.8) is 0 Å². The minimum atomic E-state index is 0.109. The van der Waals surface area contributed by atoms with Crippen LogP contribution in [0.4, 0.5) is 11.6 Å². The number of thiophene rings is 1. The van der Waals surface area contributed by atoms with Crippen molar-refractivity contribution in [2.75, 3.05) is 38.5 Å². The fourth-order valence-electron chi connectivity index (χ4n) is 4.48. The third-order valence-electron chi connectivity index (χ3n) is 6.47. The smallest absolute Gasteiger partial charge is 0.264 e. The van der Waals surface area contributed by atoms with Crippen LogP contribution in [0.3, 0.4) is 0 Å². The number of nitrogens with one attached hydrogen (secondary N) is 1. The molecule has 6 rings (SSSR count). The number of fused-ring (bicyclic) bond motifs is 3. The fraction of sp³-hybridized carbons (Fsp3) is 0.179. The minimum Gasteiger partial charge on any atom is -0.335 e. The summed E-state index contributed by atoms with van der Waals surface area (Å²) >= 11 is 1.54. The molecular formula is C28H25N5OS. The average Bonchev–Trinajstić information content (AvgIpc) is 3.35. The molecule has 1 aliphatic heterocycles. The molecule has 7 heteroatoms. The summed E-state index contributed by atoms with van der Waals surface area (Å²) in [6.07, 6.45) is 1.84. The summed E-state index contributed by atoms with van der Waals surface area (Å²) in [6, 6.07) is 24.6. The van der Waals surface area contributed by atoms with Crippen molar-refractivity contribution in [1.29, 1.82) is 0 Å². The summed E-state index contributed by atoms with van der Waals surface area (Å²) in [5, 5.41) is 5.31. The first-order valence-corrected chi connectivity index (χ1v) is 12.6. The second-order valence-electron chi connectivity index (χ2n) is 8.89. The van der Waals surface area contributed by atoms with Crippen LogP contribution >= 0.6 is 11.3 Å². The van der Waals surface area contributed by atoms with Gasteiger partial charge in [-0.1, -0.05) is 42.5 Å². The average molecular weight is 480 g/mol. The minimum absolute atomic E-state index is 0.109. The monoisotopic (exact) mass is 479 g/mol. The molecule has 5 aromatic rings. The van der Waals surface area contributed by atoms with E-state index in [9.17, 15) is 4.79 Å². The van der Waals surface area contributed by atoms with Gasteiger partial charge in [-0.25, -0.2) is 9.97 Å². The summed E-state index contributed by atoms with van der Waals surface area (Å²) in [6.45, 7) is 3.35. The van der Waals surface area contributed by atoms with Crippen molar-refractivity contribution >= 4 is 49.9 Å². The zero-order valence-electron chi connectivity index (χ0n) is 19.4. The molecular weight excluding hydrogens is 454 g/mol. The van der Waals surface area contributed by atoms with E-state index in [1.54, 1.807) is 0 Å². The van der Waals surface area contributed by atoms with Crippen LogP contribution in [0.2, 0.25) is 0 Å². The molecule has 2 aromatic heterocycles. The van der Waals surface area contributed by atoms with Crippen molar-refractivity contribution in [1.82, 2.24) is 19.8 Å². The van der Waals surface area contributed by atoms with Crippen LogP contribution < -0.4 is 5.32 Å². The molecule has 1 aliphatic rings. The summed E-state index contributed by atoms with van der Waals surface area (Å²) in [4.78, 5) is 27.5. The first-order valence-electron chi connectivity index (χ1n) is 11.7. The molecule has 0 unspecified atom stereocenters.